The van der Waals surface area contributed by atoms with Crippen molar-refractivity contribution >= 4 is 33.5 Å². The molecule has 0 aliphatic heterocycles. The second-order valence-corrected chi connectivity index (χ2v) is 6.41. The standard InChI is InChI=1S/C23H19FO4/c1-4-22(25)28-17-6-8-18-16(12-17)13-21(24)20-11-15(5-7-19(18)20)9-10-27-23(26)14(2)3/h4-8,11-13H,1-2,9-10H2,3H3. The minimum absolute atomic E-state index is 0.199. The third-order valence-corrected chi connectivity index (χ3v) is 4.29. The van der Waals surface area contributed by atoms with Crippen LogP contribution in [0.4, 0.5) is 4.39 Å². The Kier molecular flexibility index (Phi) is 5.54. The van der Waals surface area contributed by atoms with Crippen molar-refractivity contribution < 1.29 is 23.5 Å². The van der Waals surface area contributed by atoms with Crippen LogP contribution in [0.3, 0.4) is 0 Å². The van der Waals surface area contributed by atoms with Gasteiger partial charge in [-0.15, -0.1) is 0 Å². The van der Waals surface area contributed by atoms with Crippen LogP contribution in [0.1, 0.15) is 12.5 Å². The molecule has 3 aromatic carbocycles. The zero-order valence-corrected chi connectivity index (χ0v) is 15.5. The number of benzene rings is 3. The Labute approximate surface area is 161 Å². The highest BCUT2D eigenvalue weighted by Crippen LogP contribution is 2.31. The average molecular weight is 378 g/mol. The first kappa shape index (κ1) is 19.3. The molecule has 5 heteroatoms. The molecule has 0 N–H and O–H groups in total. The molecule has 3 rings (SSSR count). The molecular weight excluding hydrogens is 359 g/mol. The quantitative estimate of drug-likeness (QED) is 0.265. The molecule has 4 nitrogen and oxygen atoms in total. The predicted octanol–water partition coefficient (Wildman–Crippen LogP) is 4.89. The Morgan fingerprint density at radius 1 is 1.07 bits per heavy atom. The maximum absolute atomic E-state index is 14.7. The van der Waals surface area contributed by atoms with Gasteiger partial charge in [-0.1, -0.05) is 31.4 Å². The Balaban J connectivity index is 1.90. The van der Waals surface area contributed by atoms with E-state index in [4.69, 9.17) is 9.47 Å². The number of hydrogen-bond acceptors (Lipinski definition) is 4. The highest BCUT2D eigenvalue weighted by Gasteiger charge is 2.10. The Morgan fingerprint density at radius 3 is 2.54 bits per heavy atom. The summed E-state index contributed by atoms with van der Waals surface area (Å²) in [7, 11) is 0. The van der Waals surface area contributed by atoms with Gasteiger partial charge in [-0.2, -0.15) is 0 Å². The fourth-order valence-electron chi connectivity index (χ4n) is 2.91. The number of hydrogen-bond donors (Lipinski definition) is 0. The maximum Gasteiger partial charge on any atom is 0.335 e. The number of carbonyl (C=O) groups excluding carboxylic acids is 2. The third-order valence-electron chi connectivity index (χ3n) is 4.29. The van der Waals surface area contributed by atoms with Crippen molar-refractivity contribution in [1.82, 2.24) is 0 Å². The fourth-order valence-corrected chi connectivity index (χ4v) is 2.91. The molecule has 0 heterocycles. The molecule has 0 bridgehead atoms. The van der Waals surface area contributed by atoms with Crippen LogP contribution in [-0.2, 0) is 20.7 Å². The van der Waals surface area contributed by atoms with Crippen molar-refractivity contribution in [3.05, 3.63) is 78.7 Å². The first-order valence-corrected chi connectivity index (χ1v) is 8.71. The molecule has 0 unspecified atom stereocenters. The predicted molar refractivity (Wildman–Crippen MR) is 107 cm³/mol. The van der Waals surface area contributed by atoms with E-state index in [0.29, 0.717) is 28.5 Å². The lowest BCUT2D eigenvalue weighted by Gasteiger charge is -2.10. The molecule has 0 fully saturated rings. The van der Waals surface area contributed by atoms with Gasteiger partial charge in [-0.25, -0.2) is 14.0 Å². The second-order valence-electron chi connectivity index (χ2n) is 6.41. The van der Waals surface area contributed by atoms with E-state index in [9.17, 15) is 14.0 Å². The summed E-state index contributed by atoms with van der Waals surface area (Å²) in [5, 5.41) is 2.70. The SMILES string of the molecule is C=CC(=O)Oc1ccc2c(c1)cc(F)c1cc(CCOC(=O)C(=C)C)ccc12. The third kappa shape index (κ3) is 4.09. The van der Waals surface area contributed by atoms with E-state index < -0.39 is 11.9 Å². The average Bonchev–Trinajstić information content (AvgIpc) is 2.67. The molecule has 0 saturated carbocycles. The normalized spacial score (nSPS) is 10.6. The summed E-state index contributed by atoms with van der Waals surface area (Å²) in [4.78, 5) is 22.8. The van der Waals surface area contributed by atoms with E-state index in [-0.39, 0.29) is 12.4 Å². The summed E-state index contributed by atoms with van der Waals surface area (Å²) in [6, 6.07) is 11.9. The van der Waals surface area contributed by atoms with E-state index in [1.165, 1.54) is 6.07 Å². The molecule has 0 aliphatic rings. The summed E-state index contributed by atoms with van der Waals surface area (Å²) in [6.07, 6.45) is 1.54. The summed E-state index contributed by atoms with van der Waals surface area (Å²) >= 11 is 0. The van der Waals surface area contributed by atoms with Gasteiger partial charge in [-0.3, -0.25) is 0 Å². The van der Waals surface area contributed by atoms with E-state index in [2.05, 4.69) is 13.2 Å². The number of rotatable bonds is 6. The lowest BCUT2D eigenvalue weighted by Crippen LogP contribution is -2.08. The van der Waals surface area contributed by atoms with Crippen LogP contribution in [0.15, 0.2) is 67.3 Å². The van der Waals surface area contributed by atoms with Crippen LogP contribution in [0.5, 0.6) is 5.75 Å². The largest absolute Gasteiger partial charge is 0.462 e. The molecule has 0 atom stereocenters. The second kappa shape index (κ2) is 8.05. The first-order valence-electron chi connectivity index (χ1n) is 8.71. The lowest BCUT2D eigenvalue weighted by atomic mass is 9.98. The number of carbonyl (C=O) groups is 2. The van der Waals surface area contributed by atoms with E-state index >= 15 is 0 Å². The Hall–Kier alpha value is -3.47. The van der Waals surface area contributed by atoms with Gasteiger partial charge in [0.2, 0.25) is 0 Å². The molecule has 142 valence electrons. The van der Waals surface area contributed by atoms with E-state index in [0.717, 1.165) is 22.4 Å². The maximum atomic E-state index is 14.7. The monoisotopic (exact) mass is 378 g/mol. The van der Waals surface area contributed by atoms with E-state index in [1.807, 2.05) is 12.1 Å². The molecule has 0 amide bonds. The molecule has 0 saturated heterocycles. The number of esters is 2. The zero-order chi connectivity index (χ0) is 20.3. The Bertz CT molecular complexity index is 1110. The summed E-state index contributed by atoms with van der Waals surface area (Å²) in [5.41, 5.74) is 1.20. The molecular formula is C23H19FO4. The highest BCUT2D eigenvalue weighted by molar-refractivity contribution is 6.08. The van der Waals surface area contributed by atoms with Crippen LogP contribution < -0.4 is 4.74 Å². The number of halogens is 1. The summed E-state index contributed by atoms with van der Waals surface area (Å²) < 4.78 is 24.9. The molecule has 0 radical (unpaired) electrons. The van der Waals surface area contributed by atoms with Crippen molar-refractivity contribution in [3.8, 4) is 5.75 Å². The van der Waals surface area contributed by atoms with Crippen molar-refractivity contribution in [2.45, 2.75) is 13.3 Å². The van der Waals surface area contributed by atoms with Gasteiger partial charge in [0.1, 0.15) is 11.6 Å². The molecule has 0 aromatic heterocycles. The minimum atomic E-state index is -0.572. The van der Waals surface area contributed by atoms with Crippen LogP contribution in [0, 0.1) is 5.82 Å². The fraction of sp³-hybridized carbons (Fsp3) is 0.130. The summed E-state index contributed by atoms with van der Waals surface area (Å²) in [5.74, 6) is -1.06. The van der Waals surface area contributed by atoms with Crippen molar-refractivity contribution in [2.75, 3.05) is 6.61 Å². The number of fused-ring (bicyclic) bond motifs is 3. The first-order chi connectivity index (χ1) is 13.4. The van der Waals surface area contributed by atoms with Gasteiger partial charge in [-0.05, 0) is 52.9 Å². The van der Waals surface area contributed by atoms with Gasteiger partial charge in [0.15, 0.2) is 0 Å². The topological polar surface area (TPSA) is 52.6 Å². The van der Waals surface area contributed by atoms with Crippen molar-refractivity contribution in [1.29, 1.82) is 0 Å². The highest BCUT2D eigenvalue weighted by atomic mass is 19.1. The number of ether oxygens (including phenoxy) is 2. The van der Waals surface area contributed by atoms with Gasteiger partial charge >= 0.3 is 11.9 Å². The smallest absolute Gasteiger partial charge is 0.335 e. The molecule has 0 aliphatic carbocycles. The van der Waals surface area contributed by atoms with Crippen LogP contribution >= 0.6 is 0 Å². The lowest BCUT2D eigenvalue weighted by molar-refractivity contribution is -0.138. The van der Waals surface area contributed by atoms with Gasteiger partial charge in [0.05, 0.1) is 6.61 Å². The zero-order valence-electron chi connectivity index (χ0n) is 15.5. The molecule has 0 spiro atoms. The van der Waals surface area contributed by atoms with E-state index in [1.54, 1.807) is 31.2 Å². The van der Waals surface area contributed by atoms with Crippen LogP contribution in [-0.4, -0.2) is 18.5 Å². The van der Waals surface area contributed by atoms with Gasteiger partial charge in [0, 0.05) is 23.5 Å². The van der Waals surface area contributed by atoms with Crippen LogP contribution in [0.25, 0.3) is 21.5 Å². The molecule has 28 heavy (non-hydrogen) atoms. The molecule has 3 aromatic rings. The van der Waals surface area contributed by atoms with Gasteiger partial charge < -0.3 is 9.47 Å². The van der Waals surface area contributed by atoms with Crippen molar-refractivity contribution in [2.24, 2.45) is 0 Å². The van der Waals surface area contributed by atoms with Gasteiger partial charge in [0.25, 0.3) is 0 Å². The van der Waals surface area contributed by atoms with Crippen LogP contribution in [0.2, 0.25) is 0 Å². The Morgan fingerprint density at radius 2 is 1.82 bits per heavy atom. The van der Waals surface area contributed by atoms with Crippen molar-refractivity contribution in [3.63, 3.8) is 0 Å². The summed E-state index contributed by atoms with van der Waals surface area (Å²) in [6.45, 7) is 8.67. The minimum Gasteiger partial charge on any atom is -0.462 e.